The molecule has 6 heteroatoms. The molecular weight excluding hydrogens is 229 g/mol. The molecular formula is C11H12FNO4. The topological polar surface area (TPSA) is 80.4 Å². The van der Waals surface area contributed by atoms with Crippen molar-refractivity contribution in [2.24, 2.45) is 0 Å². The summed E-state index contributed by atoms with van der Waals surface area (Å²) in [5, 5.41) is 19.5. The lowest BCUT2D eigenvalue weighted by atomic mass is 9.83. The van der Waals surface area contributed by atoms with E-state index in [0.29, 0.717) is 0 Å². The molecule has 5 nitrogen and oxygen atoms in total. The Kier molecular flexibility index (Phi) is 3.17. The standard InChI is InChI=1S/C11H12FNO4/c1-11(2,3)8-6(10(14)15)4-5-7(9(8)12)13(16)17/h4-5H,1-3H3,(H,14,15). The highest BCUT2D eigenvalue weighted by molar-refractivity contribution is 5.90. The first-order valence-corrected chi connectivity index (χ1v) is 4.87. The molecule has 0 aliphatic rings. The first kappa shape index (κ1) is 13.1. The Labute approximate surface area is 97.0 Å². The van der Waals surface area contributed by atoms with Gasteiger partial charge in [0.05, 0.1) is 10.5 Å². The van der Waals surface area contributed by atoms with Crippen LogP contribution in [-0.2, 0) is 5.41 Å². The van der Waals surface area contributed by atoms with Crippen LogP contribution >= 0.6 is 0 Å². The molecule has 0 saturated heterocycles. The minimum absolute atomic E-state index is 0.154. The smallest absolute Gasteiger partial charge is 0.336 e. The van der Waals surface area contributed by atoms with Crippen molar-refractivity contribution < 1.29 is 19.2 Å². The number of carboxylic acid groups (broad SMARTS) is 1. The molecule has 92 valence electrons. The Morgan fingerprint density at radius 1 is 1.41 bits per heavy atom. The van der Waals surface area contributed by atoms with Crippen LogP contribution in [-0.4, -0.2) is 16.0 Å². The predicted octanol–water partition coefficient (Wildman–Crippen LogP) is 2.73. The zero-order valence-electron chi connectivity index (χ0n) is 9.65. The fourth-order valence-corrected chi connectivity index (χ4v) is 1.62. The molecule has 1 aromatic rings. The van der Waals surface area contributed by atoms with Gasteiger partial charge in [0.15, 0.2) is 0 Å². The molecule has 1 aromatic carbocycles. The first-order valence-electron chi connectivity index (χ1n) is 4.87. The average molecular weight is 241 g/mol. The molecule has 0 bridgehead atoms. The van der Waals surface area contributed by atoms with Crippen LogP contribution in [0.15, 0.2) is 12.1 Å². The molecule has 1 rings (SSSR count). The van der Waals surface area contributed by atoms with Crippen molar-refractivity contribution in [3.05, 3.63) is 39.2 Å². The second-order valence-electron chi connectivity index (χ2n) is 4.63. The summed E-state index contributed by atoms with van der Waals surface area (Å²) in [7, 11) is 0. The first-order chi connectivity index (χ1) is 7.66. The number of aromatic carboxylic acids is 1. The highest BCUT2D eigenvalue weighted by Crippen LogP contribution is 2.33. The van der Waals surface area contributed by atoms with Crippen LogP contribution in [0.5, 0.6) is 0 Å². The van der Waals surface area contributed by atoms with Gasteiger partial charge in [0.1, 0.15) is 0 Å². The van der Waals surface area contributed by atoms with E-state index in [4.69, 9.17) is 5.11 Å². The number of carbonyl (C=O) groups is 1. The maximum Gasteiger partial charge on any atom is 0.336 e. The van der Waals surface area contributed by atoms with E-state index in [1.165, 1.54) is 0 Å². The van der Waals surface area contributed by atoms with Gasteiger partial charge in [-0.1, -0.05) is 20.8 Å². The Morgan fingerprint density at radius 3 is 2.29 bits per heavy atom. The third kappa shape index (κ3) is 2.41. The molecule has 0 heterocycles. The zero-order chi connectivity index (χ0) is 13.4. The lowest BCUT2D eigenvalue weighted by Gasteiger charge is -2.21. The second kappa shape index (κ2) is 4.12. The number of benzene rings is 1. The SMILES string of the molecule is CC(C)(C)c1c(C(=O)O)ccc([N+](=O)[O-])c1F. The van der Waals surface area contributed by atoms with Gasteiger partial charge in [0.25, 0.3) is 0 Å². The van der Waals surface area contributed by atoms with Gasteiger partial charge >= 0.3 is 11.7 Å². The zero-order valence-corrected chi connectivity index (χ0v) is 9.65. The van der Waals surface area contributed by atoms with E-state index >= 15 is 0 Å². The molecule has 0 aromatic heterocycles. The third-order valence-electron chi connectivity index (χ3n) is 2.30. The molecule has 17 heavy (non-hydrogen) atoms. The van der Waals surface area contributed by atoms with Crippen molar-refractivity contribution >= 4 is 11.7 Å². The molecule has 0 aliphatic heterocycles. The Balaban J connectivity index is 3.65. The van der Waals surface area contributed by atoms with Crippen molar-refractivity contribution in [2.45, 2.75) is 26.2 Å². The minimum atomic E-state index is -1.30. The number of hydrogen-bond donors (Lipinski definition) is 1. The highest BCUT2D eigenvalue weighted by Gasteiger charge is 2.30. The van der Waals surface area contributed by atoms with Crippen molar-refractivity contribution in [2.75, 3.05) is 0 Å². The Bertz CT molecular complexity index is 491. The molecule has 0 fully saturated rings. The number of rotatable bonds is 2. The summed E-state index contributed by atoms with van der Waals surface area (Å²) < 4.78 is 13.9. The van der Waals surface area contributed by atoms with Crippen molar-refractivity contribution in [3.63, 3.8) is 0 Å². The van der Waals surface area contributed by atoms with Crippen LogP contribution in [0.3, 0.4) is 0 Å². The lowest BCUT2D eigenvalue weighted by molar-refractivity contribution is -0.387. The number of nitro groups is 1. The van der Waals surface area contributed by atoms with Crippen LogP contribution in [0, 0.1) is 15.9 Å². The molecule has 0 atom stereocenters. The molecule has 0 saturated carbocycles. The van der Waals surface area contributed by atoms with Gasteiger partial charge in [-0.15, -0.1) is 0 Å². The van der Waals surface area contributed by atoms with Crippen LogP contribution in [0.4, 0.5) is 10.1 Å². The van der Waals surface area contributed by atoms with Gasteiger partial charge in [-0.25, -0.2) is 4.79 Å². The summed E-state index contributed by atoms with van der Waals surface area (Å²) in [4.78, 5) is 20.7. The lowest BCUT2D eigenvalue weighted by Crippen LogP contribution is -2.20. The van der Waals surface area contributed by atoms with Gasteiger partial charge in [0.2, 0.25) is 5.82 Å². The minimum Gasteiger partial charge on any atom is -0.478 e. The summed E-state index contributed by atoms with van der Waals surface area (Å²) in [6.45, 7) is 4.80. The monoisotopic (exact) mass is 241 g/mol. The van der Waals surface area contributed by atoms with E-state index in [-0.39, 0.29) is 11.1 Å². The normalized spacial score (nSPS) is 11.3. The fourth-order valence-electron chi connectivity index (χ4n) is 1.62. The van der Waals surface area contributed by atoms with Crippen LogP contribution in [0.2, 0.25) is 0 Å². The summed E-state index contributed by atoms with van der Waals surface area (Å²) in [6, 6.07) is 1.93. The van der Waals surface area contributed by atoms with E-state index in [1.54, 1.807) is 20.8 Å². The Morgan fingerprint density at radius 2 is 1.94 bits per heavy atom. The summed E-state index contributed by atoms with van der Waals surface area (Å²) >= 11 is 0. The largest absolute Gasteiger partial charge is 0.478 e. The second-order valence-corrected chi connectivity index (χ2v) is 4.63. The third-order valence-corrected chi connectivity index (χ3v) is 2.30. The number of hydrogen-bond acceptors (Lipinski definition) is 3. The van der Waals surface area contributed by atoms with Gasteiger partial charge in [-0.3, -0.25) is 10.1 Å². The summed E-state index contributed by atoms with van der Waals surface area (Å²) in [6.07, 6.45) is 0. The van der Waals surface area contributed by atoms with E-state index in [2.05, 4.69) is 0 Å². The van der Waals surface area contributed by atoms with Gasteiger partial charge in [-0.05, 0) is 11.5 Å². The predicted molar refractivity (Wildman–Crippen MR) is 58.7 cm³/mol. The maximum atomic E-state index is 13.9. The number of nitro benzene ring substituents is 1. The van der Waals surface area contributed by atoms with Gasteiger partial charge in [-0.2, -0.15) is 4.39 Å². The van der Waals surface area contributed by atoms with Gasteiger partial charge < -0.3 is 5.11 Å². The van der Waals surface area contributed by atoms with E-state index in [0.717, 1.165) is 12.1 Å². The highest BCUT2D eigenvalue weighted by atomic mass is 19.1. The number of nitrogens with zero attached hydrogens (tertiary/aromatic N) is 1. The molecule has 0 amide bonds. The molecule has 0 unspecified atom stereocenters. The van der Waals surface area contributed by atoms with E-state index in [9.17, 15) is 19.3 Å². The number of carboxylic acids is 1. The van der Waals surface area contributed by atoms with Crippen molar-refractivity contribution in [1.82, 2.24) is 0 Å². The number of halogens is 1. The van der Waals surface area contributed by atoms with Crippen LogP contribution < -0.4 is 0 Å². The van der Waals surface area contributed by atoms with Crippen LogP contribution in [0.1, 0.15) is 36.7 Å². The fraction of sp³-hybridized carbons (Fsp3) is 0.364. The molecule has 0 aliphatic carbocycles. The molecule has 1 N–H and O–H groups in total. The van der Waals surface area contributed by atoms with Crippen molar-refractivity contribution in [3.8, 4) is 0 Å². The average Bonchev–Trinajstić information content (AvgIpc) is 2.14. The summed E-state index contributed by atoms with van der Waals surface area (Å²) in [5.41, 5.74) is -1.94. The molecule has 0 radical (unpaired) electrons. The summed E-state index contributed by atoms with van der Waals surface area (Å²) in [5.74, 6) is -2.38. The van der Waals surface area contributed by atoms with Crippen LogP contribution in [0.25, 0.3) is 0 Å². The molecule has 0 spiro atoms. The van der Waals surface area contributed by atoms with Gasteiger partial charge in [0, 0.05) is 11.6 Å². The Hall–Kier alpha value is -1.98. The maximum absolute atomic E-state index is 13.9. The van der Waals surface area contributed by atoms with Crippen molar-refractivity contribution in [1.29, 1.82) is 0 Å². The van der Waals surface area contributed by atoms with E-state index in [1.807, 2.05) is 0 Å². The quantitative estimate of drug-likeness (QED) is 0.637. The van der Waals surface area contributed by atoms with E-state index < -0.39 is 27.8 Å².